The average Bonchev–Trinajstić information content (AvgIpc) is 3.06. The van der Waals surface area contributed by atoms with Gasteiger partial charge < -0.3 is 4.74 Å². The third-order valence-corrected chi connectivity index (χ3v) is 4.28. The van der Waals surface area contributed by atoms with Crippen molar-refractivity contribution in [2.75, 3.05) is 12.0 Å². The zero-order chi connectivity index (χ0) is 17.6. The van der Waals surface area contributed by atoms with Crippen LogP contribution in [-0.2, 0) is 19.1 Å². The molecule has 9 nitrogen and oxygen atoms in total. The van der Waals surface area contributed by atoms with Gasteiger partial charge in [0.25, 0.3) is 5.91 Å². The number of methoxy groups -OCH3 is 1. The predicted molar refractivity (Wildman–Crippen MR) is 83.3 cm³/mol. The van der Waals surface area contributed by atoms with Gasteiger partial charge in [-0.05, 0) is 12.1 Å². The van der Waals surface area contributed by atoms with Gasteiger partial charge in [0.15, 0.2) is 11.8 Å². The molecule has 124 valence electrons. The van der Waals surface area contributed by atoms with Crippen molar-refractivity contribution in [3.05, 3.63) is 33.2 Å². The van der Waals surface area contributed by atoms with E-state index >= 15 is 0 Å². The van der Waals surface area contributed by atoms with E-state index in [0.29, 0.717) is 5.12 Å². The molecule has 24 heavy (non-hydrogen) atoms. The number of imide groups is 1. The van der Waals surface area contributed by atoms with Crippen molar-refractivity contribution < 1.29 is 19.1 Å². The van der Waals surface area contributed by atoms with E-state index < -0.39 is 29.7 Å². The number of halogens is 2. The number of anilines is 1. The van der Waals surface area contributed by atoms with Gasteiger partial charge in [-0.25, -0.2) is 9.69 Å². The Morgan fingerprint density at radius 1 is 1.25 bits per heavy atom. The summed E-state index contributed by atoms with van der Waals surface area (Å²) in [6, 6.07) is 3.06. The van der Waals surface area contributed by atoms with Crippen LogP contribution in [0.1, 0.15) is 0 Å². The number of ether oxygens (including phenoxy) is 1. The number of amides is 2. The van der Waals surface area contributed by atoms with E-state index in [1.165, 1.54) is 12.1 Å². The van der Waals surface area contributed by atoms with Crippen molar-refractivity contribution in [2.45, 2.75) is 6.04 Å². The van der Waals surface area contributed by atoms with E-state index in [1.807, 2.05) is 0 Å². The van der Waals surface area contributed by atoms with E-state index in [-0.39, 0.29) is 21.4 Å². The van der Waals surface area contributed by atoms with Gasteiger partial charge in [0.2, 0.25) is 5.91 Å². The van der Waals surface area contributed by atoms with Gasteiger partial charge in [-0.1, -0.05) is 29.3 Å². The maximum absolute atomic E-state index is 12.7. The molecular weight excluding hydrogens is 363 g/mol. The number of nitroso groups, excluding NO2 is 1. The standard InChI is InChI=1S/C13H8Cl2N4O5/c1-24-13(22)8-7-10(19(16-8)17-23)12(21)18(11(7)20)9-5(14)3-2-4-6(9)15/h2-4,7,10H,1H3/t7-,10-/m1/s1. The lowest BCUT2D eigenvalue weighted by Gasteiger charge is -2.19. The summed E-state index contributed by atoms with van der Waals surface area (Å²) in [5, 5.41) is 6.77. The van der Waals surface area contributed by atoms with Crippen LogP contribution in [0.4, 0.5) is 5.69 Å². The number of carbonyl (C=O) groups excluding carboxylic acids is 3. The Morgan fingerprint density at radius 3 is 2.42 bits per heavy atom. The molecule has 0 saturated carbocycles. The fourth-order valence-electron chi connectivity index (χ4n) is 2.66. The topological polar surface area (TPSA) is 109 Å². The number of carbonyl (C=O) groups is 3. The molecule has 0 aliphatic carbocycles. The lowest BCUT2D eigenvalue weighted by Crippen LogP contribution is -2.37. The third-order valence-electron chi connectivity index (χ3n) is 3.67. The summed E-state index contributed by atoms with van der Waals surface area (Å²) in [5.74, 6) is -3.88. The van der Waals surface area contributed by atoms with Gasteiger partial charge in [-0.2, -0.15) is 0 Å². The Bertz CT molecular complexity index is 791. The zero-order valence-electron chi connectivity index (χ0n) is 12.0. The summed E-state index contributed by atoms with van der Waals surface area (Å²) in [4.78, 5) is 48.8. The minimum absolute atomic E-state index is 0.0275. The van der Waals surface area contributed by atoms with E-state index in [4.69, 9.17) is 23.2 Å². The van der Waals surface area contributed by atoms with Crippen LogP contribution in [0.5, 0.6) is 0 Å². The molecule has 2 amide bonds. The molecule has 2 heterocycles. The minimum atomic E-state index is -1.38. The normalized spacial score (nSPS) is 22.5. The SMILES string of the molecule is COC(=O)C1=NN(N=O)[C@H]2C(=O)N(c3c(Cl)cccc3Cl)C(=O)[C@H]12. The molecule has 2 atom stereocenters. The third kappa shape index (κ3) is 2.16. The number of rotatable bonds is 3. The maximum Gasteiger partial charge on any atom is 0.355 e. The van der Waals surface area contributed by atoms with Gasteiger partial charge in [0.05, 0.1) is 28.1 Å². The Morgan fingerprint density at radius 2 is 1.88 bits per heavy atom. The monoisotopic (exact) mass is 370 g/mol. The molecule has 1 aromatic carbocycles. The molecule has 3 rings (SSSR count). The van der Waals surface area contributed by atoms with Crippen LogP contribution in [0, 0.1) is 10.8 Å². The number of hydrogen-bond acceptors (Lipinski definition) is 7. The van der Waals surface area contributed by atoms with Gasteiger partial charge >= 0.3 is 5.97 Å². The molecular formula is C13H8Cl2N4O5. The second kappa shape index (κ2) is 5.84. The quantitative estimate of drug-likeness (QED) is 0.451. The van der Waals surface area contributed by atoms with E-state index in [9.17, 15) is 19.3 Å². The number of esters is 1. The lowest BCUT2D eigenvalue weighted by molar-refractivity contribution is -0.133. The molecule has 1 saturated heterocycles. The van der Waals surface area contributed by atoms with E-state index in [0.717, 1.165) is 12.0 Å². The molecule has 11 heteroatoms. The molecule has 0 radical (unpaired) electrons. The Kier molecular flexibility index (Phi) is 3.98. The van der Waals surface area contributed by atoms with Crippen molar-refractivity contribution in [1.82, 2.24) is 5.12 Å². The predicted octanol–water partition coefficient (Wildman–Crippen LogP) is 1.38. The van der Waals surface area contributed by atoms with Crippen LogP contribution in [0.3, 0.4) is 0 Å². The van der Waals surface area contributed by atoms with Crippen molar-refractivity contribution in [3.8, 4) is 0 Å². The first-order valence-electron chi connectivity index (χ1n) is 6.53. The fourth-order valence-corrected chi connectivity index (χ4v) is 3.22. The van der Waals surface area contributed by atoms with Crippen molar-refractivity contribution in [3.63, 3.8) is 0 Å². The first-order chi connectivity index (χ1) is 11.4. The molecule has 1 aromatic rings. The molecule has 1 fully saturated rings. The summed E-state index contributed by atoms with van der Waals surface area (Å²) in [6.45, 7) is 0. The van der Waals surface area contributed by atoms with E-state index in [1.54, 1.807) is 6.07 Å². The van der Waals surface area contributed by atoms with Crippen LogP contribution < -0.4 is 4.90 Å². The molecule has 2 aliphatic heterocycles. The van der Waals surface area contributed by atoms with Crippen LogP contribution >= 0.6 is 23.2 Å². The van der Waals surface area contributed by atoms with Crippen molar-refractivity contribution in [2.24, 2.45) is 16.3 Å². The van der Waals surface area contributed by atoms with Gasteiger partial charge in [0.1, 0.15) is 5.92 Å². The van der Waals surface area contributed by atoms with Crippen LogP contribution in [0.2, 0.25) is 10.0 Å². The lowest BCUT2D eigenvalue weighted by atomic mass is 9.98. The number of benzene rings is 1. The zero-order valence-corrected chi connectivity index (χ0v) is 13.5. The highest BCUT2D eigenvalue weighted by Crippen LogP contribution is 2.41. The number of nitrogens with zero attached hydrogens (tertiary/aromatic N) is 4. The summed E-state index contributed by atoms with van der Waals surface area (Å²) >= 11 is 12.1. The second-order valence-electron chi connectivity index (χ2n) is 4.88. The summed E-state index contributed by atoms with van der Waals surface area (Å²) in [7, 11) is 1.08. The average molecular weight is 371 g/mol. The van der Waals surface area contributed by atoms with Gasteiger partial charge in [-0.15, -0.1) is 15.1 Å². The first kappa shape index (κ1) is 16.3. The van der Waals surface area contributed by atoms with Gasteiger partial charge in [0, 0.05) is 0 Å². The van der Waals surface area contributed by atoms with Crippen molar-refractivity contribution in [1.29, 1.82) is 0 Å². The number of hydrazone groups is 1. The Hall–Kier alpha value is -2.52. The molecule has 0 spiro atoms. The highest BCUT2D eigenvalue weighted by molar-refractivity contribution is 6.48. The highest BCUT2D eigenvalue weighted by atomic mass is 35.5. The van der Waals surface area contributed by atoms with E-state index in [2.05, 4.69) is 15.1 Å². The maximum atomic E-state index is 12.7. The first-order valence-corrected chi connectivity index (χ1v) is 7.29. The fraction of sp³-hybridized carbons (Fsp3) is 0.231. The second-order valence-corrected chi connectivity index (χ2v) is 5.70. The minimum Gasteiger partial charge on any atom is -0.464 e. The summed E-state index contributed by atoms with van der Waals surface area (Å²) in [5.41, 5.74) is -0.411. The van der Waals surface area contributed by atoms with Crippen LogP contribution in [0.25, 0.3) is 0 Å². The highest BCUT2D eigenvalue weighted by Gasteiger charge is 2.60. The Labute approximate surface area is 144 Å². The largest absolute Gasteiger partial charge is 0.464 e. The Balaban J connectivity index is 2.11. The number of para-hydroxylation sites is 1. The van der Waals surface area contributed by atoms with Crippen LogP contribution in [0.15, 0.2) is 28.6 Å². The molecule has 2 aliphatic rings. The molecule has 0 unspecified atom stereocenters. The number of fused-ring (bicyclic) bond motifs is 1. The molecule has 0 bridgehead atoms. The summed E-state index contributed by atoms with van der Waals surface area (Å²) in [6.07, 6.45) is 0. The summed E-state index contributed by atoms with van der Waals surface area (Å²) < 4.78 is 4.53. The van der Waals surface area contributed by atoms with Crippen LogP contribution in [-0.4, -0.2) is 41.8 Å². The van der Waals surface area contributed by atoms with Gasteiger partial charge in [-0.3, -0.25) is 9.59 Å². The smallest absolute Gasteiger partial charge is 0.355 e. The molecule has 0 aromatic heterocycles. The van der Waals surface area contributed by atoms with Crippen molar-refractivity contribution >= 4 is 52.4 Å². The number of hydrogen-bond donors (Lipinski definition) is 0. The molecule has 0 N–H and O–H groups in total.